The second-order valence-corrected chi connectivity index (χ2v) is 4.49. The van der Waals surface area contributed by atoms with Crippen molar-refractivity contribution in [1.82, 2.24) is 0 Å². The van der Waals surface area contributed by atoms with Gasteiger partial charge in [0.1, 0.15) is 0 Å². The van der Waals surface area contributed by atoms with Crippen LogP contribution in [0.4, 0.5) is 0 Å². The van der Waals surface area contributed by atoms with E-state index in [1.807, 2.05) is 12.2 Å². The minimum absolute atomic E-state index is 0.0960. The van der Waals surface area contributed by atoms with Crippen LogP contribution in [0.25, 0.3) is 0 Å². The van der Waals surface area contributed by atoms with Gasteiger partial charge in [0.25, 0.3) is 0 Å². The van der Waals surface area contributed by atoms with E-state index in [4.69, 9.17) is 5.73 Å². The lowest BCUT2D eigenvalue weighted by molar-refractivity contribution is 0.333. The molecule has 0 saturated carbocycles. The van der Waals surface area contributed by atoms with Gasteiger partial charge >= 0.3 is 0 Å². The van der Waals surface area contributed by atoms with Gasteiger partial charge in [0.2, 0.25) is 0 Å². The van der Waals surface area contributed by atoms with E-state index in [2.05, 4.69) is 33.9 Å². The highest BCUT2D eigenvalue weighted by Gasteiger charge is 2.21. The van der Waals surface area contributed by atoms with Crippen molar-refractivity contribution in [2.45, 2.75) is 39.2 Å². The van der Waals surface area contributed by atoms with Crippen LogP contribution in [0.3, 0.4) is 0 Å². The van der Waals surface area contributed by atoms with Crippen LogP contribution in [0.2, 0.25) is 0 Å². The van der Waals surface area contributed by atoms with Gasteiger partial charge in [0, 0.05) is 5.54 Å². The molecule has 0 heterocycles. The zero-order valence-corrected chi connectivity index (χ0v) is 9.22. The first-order valence-electron chi connectivity index (χ1n) is 4.95. The summed E-state index contributed by atoms with van der Waals surface area (Å²) in [6, 6.07) is 0. The highest BCUT2D eigenvalue weighted by Crippen LogP contribution is 2.22. The lowest BCUT2D eigenvalue weighted by Gasteiger charge is -2.28. The van der Waals surface area contributed by atoms with E-state index < -0.39 is 0 Å². The molecule has 13 heavy (non-hydrogen) atoms. The summed E-state index contributed by atoms with van der Waals surface area (Å²) in [6.07, 6.45) is 5.91. The molecule has 0 saturated heterocycles. The van der Waals surface area contributed by atoms with Gasteiger partial charge in [-0.15, -0.1) is 13.2 Å². The first-order valence-corrected chi connectivity index (χ1v) is 4.95. The molecule has 0 aromatic heterocycles. The van der Waals surface area contributed by atoms with E-state index in [1.54, 1.807) is 0 Å². The fraction of sp³-hybridized carbons (Fsp3) is 0.667. The number of rotatable bonds is 6. The standard InChI is InChI=1S/C12H23N/c1-6-10(3)8-12(5,13)9-11(4)7-2/h6-7,10-11H,1-2,8-9,13H2,3-5H3. The topological polar surface area (TPSA) is 26.0 Å². The SMILES string of the molecule is C=CC(C)CC(C)(N)CC(C)C=C. The molecule has 76 valence electrons. The molecule has 0 radical (unpaired) electrons. The zero-order chi connectivity index (χ0) is 10.5. The lowest BCUT2D eigenvalue weighted by atomic mass is 9.83. The molecule has 0 spiro atoms. The average Bonchev–Trinajstić information content (AvgIpc) is 2.02. The van der Waals surface area contributed by atoms with Gasteiger partial charge in [-0.25, -0.2) is 0 Å². The zero-order valence-electron chi connectivity index (χ0n) is 9.22. The van der Waals surface area contributed by atoms with E-state index in [-0.39, 0.29) is 5.54 Å². The third-order valence-corrected chi connectivity index (χ3v) is 2.38. The molecule has 2 N–H and O–H groups in total. The fourth-order valence-corrected chi connectivity index (χ4v) is 1.72. The van der Waals surface area contributed by atoms with Crippen molar-refractivity contribution in [2.24, 2.45) is 17.6 Å². The van der Waals surface area contributed by atoms with Crippen molar-refractivity contribution < 1.29 is 0 Å². The van der Waals surface area contributed by atoms with Crippen molar-refractivity contribution in [2.75, 3.05) is 0 Å². The molecule has 2 atom stereocenters. The van der Waals surface area contributed by atoms with Gasteiger partial charge < -0.3 is 5.73 Å². The van der Waals surface area contributed by atoms with Crippen LogP contribution in [0, 0.1) is 11.8 Å². The smallest absolute Gasteiger partial charge is 0.0136 e. The van der Waals surface area contributed by atoms with E-state index in [1.165, 1.54) is 0 Å². The first kappa shape index (κ1) is 12.4. The maximum atomic E-state index is 6.17. The molecule has 0 aromatic rings. The predicted octanol–water partition coefficient (Wildman–Crippen LogP) is 3.13. The Kier molecular flexibility index (Phi) is 5.01. The third kappa shape index (κ3) is 5.64. The van der Waals surface area contributed by atoms with E-state index in [0.29, 0.717) is 11.8 Å². The molecule has 0 aliphatic carbocycles. The van der Waals surface area contributed by atoms with Crippen molar-refractivity contribution in [3.63, 3.8) is 0 Å². The first-order chi connectivity index (χ1) is 5.91. The van der Waals surface area contributed by atoms with Crippen LogP contribution < -0.4 is 5.73 Å². The Morgan fingerprint density at radius 3 is 1.69 bits per heavy atom. The van der Waals surface area contributed by atoms with Gasteiger partial charge in [0.15, 0.2) is 0 Å². The number of hydrogen-bond acceptors (Lipinski definition) is 1. The molecule has 0 amide bonds. The summed E-state index contributed by atoms with van der Waals surface area (Å²) in [6.45, 7) is 13.9. The van der Waals surface area contributed by atoms with Crippen LogP contribution in [0.5, 0.6) is 0 Å². The summed E-state index contributed by atoms with van der Waals surface area (Å²) in [5.41, 5.74) is 6.08. The second-order valence-electron chi connectivity index (χ2n) is 4.49. The summed E-state index contributed by atoms with van der Waals surface area (Å²) in [5.74, 6) is 0.985. The highest BCUT2D eigenvalue weighted by atomic mass is 14.7. The molecular formula is C12H23N. The Morgan fingerprint density at radius 1 is 1.15 bits per heavy atom. The third-order valence-electron chi connectivity index (χ3n) is 2.38. The minimum Gasteiger partial charge on any atom is -0.325 e. The van der Waals surface area contributed by atoms with Crippen LogP contribution in [-0.4, -0.2) is 5.54 Å². The monoisotopic (exact) mass is 181 g/mol. The number of nitrogens with two attached hydrogens (primary N) is 1. The quantitative estimate of drug-likeness (QED) is 0.626. The summed E-state index contributed by atoms with van der Waals surface area (Å²) in [7, 11) is 0. The van der Waals surface area contributed by atoms with Gasteiger partial charge in [-0.05, 0) is 31.6 Å². The Labute approximate surface area is 82.7 Å². The van der Waals surface area contributed by atoms with Crippen LogP contribution in [0.15, 0.2) is 25.3 Å². The lowest BCUT2D eigenvalue weighted by Crippen LogP contribution is -2.39. The van der Waals surface area contributed by atoms with Gasteiger partial charge in [-0.2, -0.15) is 0 Å². The van der Waals surface area contributed by atoms with E-state index in [9.17, 15) is 0 Å². The maximum absolute atomic E-state index is 6.17. The highest BCUT2D eigenvalue weighted by molar-refractivity contribution is 4.91. The fourth-order valence-electron chi connectivity index (χ4n) is 1.72. The van der Waals surface area contributed by atoms with Crippen LogP contribution in [-0.2, 0) is 0 Å². The van der Waals surface area contributed by atoms with Gasteiger partial charge in [-0.1, -0.05) is 26.0 Å². The molecule has 2 unspecified atom stereocenters. The molecule has 0 aliphatic rings. The molecule has 0 rings (SSSR count). The van der Waals surface area contributed by atoms with E-state index >= 15 is 0 Å². The Bertz CT molecular complexity index is 152. The Balaban J connectivity index is 4.06. The summed E-state index contributed by atoms with van der Waals surface area (Å²) in [4.78, 5) is 0. The normalized spacial score (nSPS) is 20.0. The van der Waals surface area contributed by atoms with Crippen molar-refractivity contribution in [1.29, 1.82) is 0 Å². The molecular weight excluding hydrogens is 158 g/mol. The predicted molar refractivity (Wildman–Crippen MR) is 60.5 cm³/mol. The number of allylic oxidation sites excluding steroid dienone is 2. The molecule has 0 bridgehead atoms. The minimum atomic E-state index is -0.0960. The maximum Gasteiger partial charge on any atom is 0.0136 e. The largest absolute Gasteiger partial charge is 0.325 e. The molecule has 0 fully saturated rings. The molecule has 0 aromatic carbocycles. The summed E-state index contributed by atoms with van der Waals surface area (Å²) in [5, 5.41) is 0. The number of hydrogen-bond donors (Lipinski definition) is 1. The second kappa shape index (κ2) is 5.23. The Hall–Kier alpha value is -0.560. The van der Waals surface area contributed by atoms with Crippen molar-refractivity contribution in [3.8, 4) is 0 Å². The van der Waals surface area contributed by atoms with Crippen LogP contribution in [0.1, 0.15) is 33.6 Å². The van der Waals surface area contributed by atoms with Crippen LogP contribution >= 0.6 is 0 Å². The molecule has 1 nitrogen and oxygen atoms in total. The van der Waals surface area contributed by atoms with E-state index in [0.717, 1.165) is 12.8 Å². The summed E-state index contributed by atoms with van der Waals surface area (Å²) < 4.78 is 0. The van der Waals surface area contributed by atoms with Gasteiger partial charge in [-0.3, -0.25) is 0 Å². The van der Waals surface area contributed by atoms with Crippen molar-refractivity contribution >= 4 is 0 Å². The average molecular weight is 181 g/mol. The molecule has 1 heteroatoms. The van der Waals surface area contributed by atoms with Gasteiger partial charge in [0.05, 0.1) is 0 Å². The molecule has 0 aliphatic heterocycles. The van der Waals surface area contributed by atoms with Crippen molar-refractivity contribution in [3.05, 3.63) is 25.3 Å². The summed E-state index contributed by atoms with van der Waals surface area (Å²) >= 11 is 0. The Morgan fingerprint density at radius 2 is 1.46 bits per heavy atom.